The summed E-state index contributed by atoms with van der Waals surface area (Å²) in [4.78, 5) is 11.5. The van der Waals surface area contributed by atoms with E-state index in [0.29, 0.717) is 19.7 Å². The van der Waals surface area contributed by atoms with Gasteiger partial charge in [0.2, 0.25) is 0 Å². The van der Waals surface area contributed by atoms with Gasteiger partial charge in [-0.1, -0.05) is 30.4 Å². The second-order valence-electron chi connectivity index (χ2n) is 4.03. The maximum Gasteiger partial charge on any atom is 0.315 e. The lowest BCUT2D eigenvalue weighted by atomic mass is 10.2. The van der Waals surface area contributed by atoms with Crippen LogP contribution in [-0.2, 0) is 6.54 Å². The van der Waals surface area contributed by atoms with Crippen LogP contribution in [0.5, 0.6) is 5.75 Å². The molecule has 1 rings (SSSR count). The monoisotopic (exact) mass is 248 g/mol. The summed E-state index contributed by atoms with van der Waals surface area (Å²) in [6, 6.07) is 7.46. The Balaban J connectivity index is 2.47. The van der Waals surface area contributed by atoms with Gasteiger partial charge in [-0.2, -0.15) is 0 Å². The minimum absolute atomic E-state index is 0.204. The number of hydrogen-bond donors (Lipinski definition) is 2. The maximum atomic E-state index is 11.5. The average Bonchev–Trinajstić information content (AvgIpc) is 2.35. The van der Waals surface area contributed by atoms with Crippen molar-refractivity contribution in [1.29, 1.82) is 0 Å². The number of carbonyl (C=O) groups is 1. The quantitative estimate of drug-likeness (QED) is 0.760. The van der Waals surface area contributed by atoms with Crippen LogP contribution in [0.25, 0.3) is 0 Å². The number of rotatable bonds is 6. The highest BCUT2D eigenvalue weighted by molar-refractivity contribution is 5.74. The molecular weight excluding hydrogens is 228 g/mol. The first-order chi connectivity index (χ1) is 8.63. The van der Waals surface area contributed by atoms with Crippen LogP contribution in [0, 0.1) is 0 Å². The molecule has 0 saturated heterocycles. The molecule has 0 heterocycles. The highest BCUT2D eigenvalue weighted by atomic mass is 16.5. The largest absolute Gasteiger partial charge is 0.494 e. The van der Waals surface area contributed by atoms with E-state index in [0.717, 1.165) is 16.9 Å². The van der Waals surface area contributed by atoms with Gasteiger partial charge in [0.05, 0.1) is 6.61 Å². The molecule has 0 aliphatic rings. The molecule has 0 fully saturated rings. The van der Waals surface area contributed by atoms with E-state index in [2.05, 4.69) is 17.2 Å². The lowest BCUT2D eigenvalue weighted by molar-refractivity contribution is 0.241. The Morgan fingerprint density at radius 3 is 2.72 bits per heavy atom. The zero-order chi connectivity index (χ0) is 13.4. The fourth-order valence-corrected chi connectivity index (χ4v) is 1.42. The van der Waals surface area contributed by atoms with Crippen molar-refractivity contribution >= 4 is 6.03 Å². The average molecular weight is 248 g/mol. The molecule has 2 amide bonds. The SMILES string of the molecule is C=C(C)CNC(=O)NCc1ccccc1OCC. The van der Waals surface area contributed by atoms with Crippen molar-refractivity contribution in [2.45, 2.75) is 20.4 Å². The molecule has 0 saturated carbocycles. The Labute approximate surface area is 108 Å². The summed E-state index contributed by atoms with van der Waals surface area (Å²) >= 11 is 0. The van der Waals surface area contributed by atoms with Crippen LogP contribution in [0.15, 0.2) is 36.4 Å². The zero-order valence-electron chi connectivity index (χ0n) is 11.0. The van der Waals surface area contributed by atoms with Gasteiger partial charge in [0.25, 0.3) is 0 Å². The second-order valence-corrected chi connectivity index (χ2v) is 4.03. The maximum absolute atomic E-state index is 11.5. The van der Waals surface area contributed by atoms with Crippen LogP contribution in [0.1, 0.15) is 19.4 Å². The minimum atomic E-state index is -0.204. The van der Waals surface area contributed by atoms with Gasteiger partial charge in [-0.05, 0) is 19.9 Å². The molecule has 0 aliphatic carbocycles. The summed E-state index contributed by atoms with van der Waals surface area (Å²) in [5, 5.41) is 5.50. The van der Waals surface area contributed by atoms with Crippen molar-refractivity contribution in [3.63, 3.8) is 0 Å². The number of nitrogens with one attached hydrogen (secondary N) is 2. The Morgan fingerprint density at radius 1 is 1.33 bits per heavy atom. The lowest BCUT2D eigenvalue weighted by Gasteiger charge is -2.11. The van der Waals surface area contributed by atoms with Gasteiger partial charge in [0.1, 0.15) is 5.75 Å². The molecule has 98 valence electrons. The Morgan fingerprint density at radius 2 is 2.06 bits per heavy atom. The highest BCUT2D eigenvalue weighted by Gasteiger charge is 2.04. The zero-order valence-corrected chi connectivity index (χ0v) is 11.0. The molecular formula is C14H20N2O2. The van der Waals surface area contributed by atoms with Gasteiger partial charge < -0.3 is 15.4 Å². The predicted molar refractivity (Wildman–Crippen MR) is 72.7 cm³/mol. The predicted octanol–water partition coefficient (Wildman–Crippen LogP) is 2.46. The first kappa shape index (κ1) is 14.1. The van der Waals surface area contributed by atoms with Crippen molar-refractivity contribution < 1.29 is 9.53 Å². The van der Waals surface area contributed by atoms with E-state index in [1.807, 2.05) is 38.1 Å². The third kappa shape index (κ3) is 4.91. The summed E-state index contributed by atoms with van der Waals surface area (Å²) in [6.07, 6.45) is 0. The first-order valence-electron chi connectivity index (χ1n) is 6.00. The number of ether oxygens (including phenoxy) is 1. The fourth-order valence-electron chi connectivity index (χ4n) is 1.42. The smallest absolute Gasteiger partial charge is 0.315 e. The molecule has 1 aromatic carbocycles. The van der Waals surface area contributed by atoms with Crippen LogP contribution in [0.2, 0.25) is 0 Å². The molecule has 18 heavy (non-hydrogen) atoms. The molecule has 0 aromatic heterocycles. The number of hydrogen-bond acceptors (Lipinski definition) is 2. The van der Waals surface area contributed by atoms with Gasteiger partial charge >= 0.3 is 6.03 Å². The lowest BCUT2D eigenvalue weighted by Crippen LogP contribution is -2.35. The Hall–Kier alpha value is -1.97. The molecule has 0 spiro atoms. The standard InChI is InChI=1S/C14H20N2O2/c1-4-18-13-8-6-5-7-12(13)10-16-14(17)15-9-11(2)3/h5-8H,2,4,9-10H2,1,3H3,(H2,15,16,17). The van der Waals surface area contributed by atoms with Crippen LogP contribution in [-0.4, -0.2) is 19.2 Å². The van der Waals surface area contributed by atoms with Crippen LogP contribution in [0.3, 0.4) is 0 Å². The fraction of sp³-hybridized carbons (Fsp3) is 0.357. The van der Waals surface area contributed by atoms with Gasteiger partial charge in [0, 0.05) is 18.7 Å². The van der Waals surface area contributed by atoms with Gasteiger partial charge in [-0.15, -0.1) is 0 Å². The number of benzene rings is 1. The Bertz CT molecular complexity index is 416. The second kappa shape index (κ2) is 7.37. The number of amides is 2. The summed E-state index contributed by atoms with van der Waals surface area (Å²) in [5.41, 5.74) is 1.88. The number of carbonyl (C=O) groups excluding carboxylic acids is 1. The molecule has 0 radical (unpaired) electrons. The van der Waals surface area contributed by atoms with Crippen molar-refractivity contribution in [3.05, 3.63) is 42.0 Å². The summed E-state index contributed by atoms with van der Waals surface area (Å²) in [7, 11) is 0. The molecule has 4 heteroatoms. The molecule has 0 unspecified atom stereocenters. The molecule has 0 aliphatic heterocycles. The summed E-state index contributed by atoms with van der Waals surface area (Å²) in [6.45, 7) is 9.06. The van der Waals surface area contributed by atoms with E-state index in [1.54, 1.807) is 0 Å². The van der Waals surface area contributed by atoms with E-state index in [1.165, 1.54) is 0 Å². The van der Waals surface area contributed by atoms with E-state index in [-0.39, 0.29) is 6.03 Å². The van der Waals surface area contributed by atoms with Crippen LogP contribution >= 0.6 is 0 Å². The normalized spacial score (nSPS) is 9.67. The van der Waals surface area contributed by atoms with Crippen molar-refractivity contribution in [1.82, 2.24) is 10.6 Å². The third-order valence-corrected chi connectivity index (χ3v) is 2.26. The first-order valence-corrected chi connectivity index (χ1v) is 6.00. The van der Waals surface area contributed by atoms with Crippen molar-refractivity contribution in [2.24, 2.45) is 0 Å². The van der Waals surface area contributed by atoms with Crippen LogP contribution < -0.4 is 15.4 Å². The third-order valence-electron chi connectivity index (χ3n) is 2.26. The molecule has 2 N–H and O–H groups in total. The molecule has 0 bridgehead atoms. The highest BCUT2D eigenvalue weighted by Crippen LogP contribution is 2.17. The topological polar surface area (TPSA) is 50.4 Å². The van der Waals surface area contributed by atoms with Crippen molar-refractivity contribution in [2.75, 3.05) is 13.2 Å². The van der Waals surface area contributed by atoms with E-state index >= 15 is 0 Å². The van der Waals surface area contributed by atoms with E-state index in [9.17, 15) is 4.79 Å². The molecule has 1 aromatic rings. The summed E-state index contributed by atoms with van der Waals surface area (Å²) < 4.78 is 5.48. The Kier molecular flexibility index (Phi) is 5.77. The minimum Gasteiger partial charge on any atom is -0.494 e. The van der Waals surface area contributed by atoms with Crippen LogP contribution in [0.4, 0.5) is 4.79 Å². The van der Waals surface area contributed by atoms with Gasteiger partial charge in [0.15, 0.2) is 0 Å². The van der Waals surface area contributed by atoms with E-state index in [4.69, 9.17) is 4.74 Å². The molecule has 0 atom stereocenters. The summed E-state index contributed by atoms with van der Waals surface area (Å²) in [5.74, 6) is 0.806. The van der Waals surface area contributed by atoms with E-state index < -0.39 is 0 Å². The van der Waals surface area contributed by atoms with Gasteiger partial charge in [-0.25, -0.2) is 4.79 Å². The molecule has 4 nitrogen and oxygen atoms in total. The van der Waals surface area contributed by atoms with Gasteiger partial charge in [-0.3, -0.25) is 0 Å². The van der Waals surface area contributed by atoms with Crippen molar-refractivity contribution in [3.8, 4) is 5.75 Å². The number of urea groups is 1. The number of para-hydroxylation sites is 1.